The number of nitrogens with zero attached hydrogens (tertiary/aromatic N) is 3. The monoisotopic (exact) mass is 358 g/mol. The zero-order valence-corrected chi connectivity index (χ0v) is 15.5. The molecule has 2 N–H and O–H groups in total. The number of nitrogen functional groups attached to an aromatic ring is 1. The van der Waals surface area contributed by atoms with Crippen LogP contribution in [0.4, 0.5) is 5.82 Å². The molecule has 1 aliphatic rings. The van der Waals surface area contributed by atoms with Gasteiger partial charge in [-0.15, -0.1) is 0 Å². The summed E-state index contributed by atoms with van der Waals surface area (Å²) in [6.07, 6.45) is 2.62. The molecular formula is C19H26N4O3. The molecule has 7 nitrogen and oxygen atoms in total. The van der Waals surface area contributed by atoms with Gasteiger partial charge in [0.05, 0.1) is 18.7 Å². The van der Waals surface area contributed by atoms with E-state index in [9.17, 15) is 4.79 Å². The van der Waals surface area contributed by atoms with Crippen LogP contribution in [0.2, 0.25) is 0 Å². The average Bonchev–Trinajstić information content (AvgIpc) is 3.18. The lowest BCUT2D eigenvalue weighted by Crippen LogP contribution is -2.41. The quantitative estimate of drug-likeness (QED) is 0.851. The molecule has 0 aliphatic carbocycles. The zero-order valence-electron chi connectivity index (χ0n) is 15.5. The number of amides is 1. The molecule has 140 valence electrons. The molecule has 1 aliphatic heterocycles. The Morgan fingerprint density at radius 2 is 2.04 bits per heavy atom. The predicted molar refractivity (Wildman–Crippen MR) is 99.0 cm³/mol. The van der Waals surface area contributed by atoms with E-state index in [0.717, 1.165) is 23.3 Å². The van der Waals surface area contributed by atoms with Gasteiger partial charge in [0.25, 0.3) is 5.91 Å². The summed E-state index contributed by atoms with van der Waals surface area (Å²) in [7, 11) is 1.67. The molecule has 3 rings (SSSR count). The summed E-state index contributed by atoms with van der Waals surface area (Å²) in [5.41, 5.74) is 7.91. The third kappa shape index (κ3) is 4.35. The molecule has 1 aromatic heterocycles. The van der Waals surface area contributed by atoms with Crippen molar-refractivity contribution in [2.75, 3.05) is 26.0 Å². The van der Waals surface area contributed by atoms with Crippen molar-refractivity contribution in [1.82, 2.24) is 14.7 Å². The first-order chi connectivity index (χ1) is 12.4. The number of ether oxygens (including phenoxy) is 2. The van der Waals surface area contributed by atoms with Crippen LogP contribution in [-0.4, -0.2) is 53.0 Å². The minimum Gasteiger partial charge on any atom is -0.484 e. The molecule has 2 atom stereocenters. The number of anilines is 1. The first-order valence-corrected chi connectivity index (χ1v) is 8.77. The number of benzene rings is 1. The predicted octanol–water partition coefficient (Wildman–Crippen LogP) is 1.78. The maximum atomic E-state index is 12.7. The molecule has 0 radical (unpaired) electrons. The molecule has 0 spiro atoms. The normalized spacial score (nSPS) is 19.7. The van der Waals surface area contributed by atoms with Crippen molar-refractivity contribution >= 4 is 11.7 Å². The molecule has 0 bridgehead atoms. The lowest BCUT2D eigenvalue weighted by atomic mass is 10.1. The maximum Gasteiger partial charge on any atom is 0.260 e. The molecule has 2 aromatic rings. The standard InChI is InChI=1S/C19H26N4O3/c1-13-6-14(2)8-16(7-13)26-12-19(24)23-11-17(25-3)9-15(23)10-22-5-4-18(20)21-22/h4-8,15,17H,9-12H2,1-3H3,(H2,20,21)/t15-,17+/m0/s1. The van der Waals surface area contributed by atoms with E-state index in [2.05, 4.69) is 11.2 Å². The third-order valence-electron chi connectivity index (χ3n) is 4.65. The number of hydrogen-bond donors (Lipinski definition) is 1. The number of likely N-dealkylation sites (tertiary alicyclic amines) is 1. The van der Waals surface area contributed by atoms with Crippen LogP contribution in [0.25, 0.3) is 0 Å². The van der Waals surface area contributed by atoms with E-state index < -0.39 is 0 Å². The van der Waals surface area contributed by atoms with Crippen LogP contribution in [0, 0.1) is 13.8 Å². The van der Waals surface area contributed by atoms with Crippen LogP contribution in [-0.2, 0) is 16.1 Å². The van der Waals surface area contributed by atoms with Crippen LogP contribution < -0.4 is 10.5 Å². The molecule has 0 saturated carbocycles. The molecule has 26 heavy (non-hydrogen) atoms. The van der Waals surface area contributed by atoms with E-state index in [1.807, 2.05) is 37.1 Å². The van der Waals surface area contributed by atoms with Crippen LogP contribution in [0.3, 0.4) is 0 Å². The molecule has 1 saturated heterocycles. The number of nitrogens with two attached hydrogens (primary N) is 1. The Labute approximate surface area is 153 Å². The first-order valence-electron chi connectivity index (χ1n) is 8.77. The summed E-state index contributed by atoms with van der Waals surface area (Å²) in [6.45, 7) is 5.19. The number of carbonyl (C=O) groups is 1. The van der Waals surface area contributed by atoms with Gasteiger partial charge < -0.3 is 20.1 Å². The highest BCUT2D eigenvalue weighted by atomic mass is 16.5. The maximum absolute atomic E-state index is 12.7. The van der Waals surface area contributed by atoms with E-state index in [4.69, 9.17) is 15.2 Å². The number of carbonyl (C=O) groups excluding carboxylic acids is 1. The Morgan fingerprint density at radius 1 is 1.31 bits per heavy atom. The molecule has 1 aromatic carbocycles. The van der Waals surface area contributed by atoms with Gasteiger partial charge in [-0.2, -0.15) is 5.10 Å². The minimum atomic E-state index is -0.0474. The van der Waals surface area contributed by atoms with Crippen LogP contribution in [0.1, 0.15) is 17.5 Å². The Bertz CT molecular complexity index is 754. The summed E-state index contributed by atoms with van der Waals surface area (Å²) in [5, 5.41) is 4.22. The van der Waals surface area contributed by atoms with Gasteiger partial charge in [0, 0.05) is 19.9 Å². The van der Waals surface area contributed by atoms with Crippen molar-refractivity contribution in [3.05, 3.63) is 41.6 Å². The van der Waals surface area contributed by atoms with Crippen LogP contribution in [0.5, 0.6) is 5.75 Å². The number of aryl methyl sites for hydroxylation is 2. The Kier molecular flexibility index (Phi) is 5.46. The fourth-order valence-corrected chi connectivity index (χ4v) is 3.46. The first kappa shape index (κ1) is 18.3. The molecule has 1 amide bonds. The number of hydrogen-bond acceptors (Lipinski definition) is 5. The summed E-state index contributed by atoms with van der Waals surface area (Å²) in [6, 6.07) is 7.70. The molecule has 2 heterocycles. The van der Waals surface area contributed by atoms with Gasteiger partial charge in [-0.05, 0) is 49.6 Å². The molecule has 7 heteroatoms. The summed E-state index contributed by atoms with van der Waals surface area (Å²) < 4.78 is 13.0. The highest BCUT2D eigenvalue weighted by molar-refractivity contribution is 5.78. The van der Waals surface area contributed by atoms with Gasteiger partial charge in [-0.1, -0.05) is 6.07 Å². The number of methoxy groups -OCH3 is 1. The molecular weight excluding hydrogens is 332 g/mol. The topological polar surface area (TPSA) is 82.6 Å². The lowest BCUT2D eigenvalue weighted by molar-refractivity contribution is -0.134. The third-order valence-corrected chi connectivity index (χ3v) is 4.65. The van der Waals surface area contributed by atoms with Gasteiger partial charge >= 0.3 is 0 Å². The van der Waals surface area contributed by atoms with E-state index in [0.29, 0.717) is 18.9 Å². The van der Waals surface area contributed by atoms with E-state index in [1.54, 1.807) is 17.9 Å². The summed E-state index contributed by atoms with van der Waals surface area (Å²) in [5.74, 6) is 1.14. The van der Waals surface area contributed by atoms with Gasteiger partial charge in [0.2, 0.25) is 0 Å². The fourth-order valence-electron chi connectivity index (χ4n) is 3.46. The van der Waals surface area contributed by atoms with E-state index in [-0.39, 0.29) is 24.7 Å². The van der Waals surface area contributed by atoms with Crippen LogP contribution >= 0.6 is 0 Å². The zero-order chi connectivity index (χ0) is 18.7. The van der Waals surface area contributed by atoms with Gasteiger partial charge in [0.15, 0.2) is 6.61 Å². The van der Waals surface area contributed by atoms with Crippen molar-refractivity contribution in [3.8, 4) is 5.75 Å². The number of rotatable bonds is 6. The second kappa shape index (κ2) is 7.78. The van der Waals surface area contributed by atoms with Crippen molar-refractivity contribution in [1.29, 1.82) is 0 Å². The highest BCUT2D eigenvalue weighted by Gasteiger charge is 2.35. The average molecular weight is 358 g/mol. The largest absolute Gasteiger partial charge is 0.484 e. The second-order valence-corrected chi connectivity index (χ2v) is 6.87. The summed E-state index contributed by atoms with van der Waals surface area (Å²) in [4.78, 5) is 14.6. The molecule has 0 unspecified atom stereocenters. The lowest BCUT2D eigenvalue weighted by Gasteiger charge is -2.24. The highest BCUT2D eigenvalue weighted by Crippen LogP contribution is 2.23. The Hall–Kier alpha value is -2.54. The fraction of sp³-hybridized carbons (Fsp3) is 0.474. The smallest absolute Gasteiger partial charge is 0.260 e. The molecule has 1 fully saturated rings. The second-order valence-electron chi connectivity index (χ2n) is 6.87. The summed E-state index contributed by atoms with van der Waals surface area (Å²) >= 11 is 0. The van der Waals surface area contributed by atoms with Gasteiger partial charge in [-0.25, -0.2) is 0 Å². The van der Waals surface area contributed by atoms with Crippen LogP contribution in [0.15, 0.2) is 30.5 Å². The number of aromatic nitrogens is 2. The Balaban J connectivity index is 1.64. The minimum absolute atomic E-state index is 0.00888. The van der Waals surface area contributed by atoms with Crippen molar-refractivity contribution < 1.29 is 14.3 Å². The van der Waals surface area contributed by atoms with Crippen molar-refractivity contribution in [3.63, 3.8) is 0 Å². The van der Waals surface area contributed by atoms with Crippen molar-refractivity contribution in [2.24, 2.45) is 0 Å². The SMILES string of the molecule is CO[C@@H]1C[C@@H](Cn2ccc(N)n2)N(C(=O)COc2cc(C)cc(C)c2)C1. The van der Waals surface area contributed by atoms with Gasteiger partial charge in [0.1, 0.15) is 11.6 Å². The van der Waals surface area contributed by atoms with E-state index >= 15 is 0 Å². The Morgan fingerprint density at radius 3 is 2.65 bits per heavy atom. The van der Waals surface area contributed by atoms with Gasteiger partial charge in [-0.3, -0.25) is 9.48 Å². The van der Waals surface area contributed by atoms with E-state index in [1.165, 1.54) is 0 Å². The van der Waals surface area contributed by atoms with Crippen molar-refractivity contribution in [2.45, 2.75) is 39.0 Å².